The summed E-state index contributed by atoms with van der Waals surface area (Å²) < 4.78 is 0. The van der Waals surface area contributed by atoms with Gasteiger partial charge in [-0.05, 0) is 11.4 Å². The second-order valence-corrected chi connectivity index (χ2v) is 2.79. The highest BCUT2D eigenvalue weighted by atomic mass is 35.5. The molecule has 0 aromatic carbocycles. The number of nitrogens with two attached hydrogens (primary N) is 1. The summed E-state index contributed by atoms with van der Waals surface area (Å²) in [5.41, 5.74) is 5.56. The van der Waals surface area contributed by atoms with E-state index < -0.39 is 0 Å². The first-order valence-corrected chi connectivity index (χ1v) is 3.69. The van der Waals surface area contributed by atoms with Gasteiger partial charge in [-0.15, -0.1) is 23.7 Å². The molecule has 0 unspecified atom stereocenters. The van der Waals surface area contributed by atoms with Crippen LogP contribution in [-0.4, -0.2) is 9.97 Å². The summed E-state index contributed by atoms with van der Waals surface area (Å²) in [5.74, 6) is 0.561. The summed E-state index contributed by atoms with van der Waals surface area (Å²) in [6, 6.07) is 1.93. The molecule has 0 saturated carbocycles. The van der Waals surface area contributed by atoms with E-state index in [9.17, 15) is 0 Å². The van der Waals surface area contributed by atoms with Crippen LogP contribution in [0.1, 0.15) is 0 Å². The van der Waals surface area contributed by atoms with Crippen LogP contribution in [0.3, 0.4) is 0 Å². The van der Waals surface area contributed by atoms with Crippen LogP contribution in [0.5, 0.6) is 0 Å². The zero-order valence-corrected chi connectivity index (χ0v) is 7.15. The minimum absolute atomic E-state index is 0. The van der Waals surface area contributed by atoms with Crippen molar-refractivity contribution in [3.63, 3.8) is 0 Å². The Balaban J connectivity index is 0.000000605. The van der Waals surface area contributed by atoms with Crippen LogP contribution in [0.15, 0.2) is 17.8 Å². The number of thiophene rings is 1. The van der Waals surface area contributed by atoms with E-state index in [-0.39, 0.29) is 12.4 Å². The number of halogens is 1. The SMILES string of the molecule is Cl.Nc1ncnc2sccc12. The van der Waals surface area contributed by atoms with Gasteiger partial charge in [0.15, 0.2) is 0 Å². The Morgan fingerprint density at radius 1 is 1.36 bits per heavy atom. The number of anilines is 1. The van der Waals surface area contributed by atoms with E-state index in [1.54, 1.807) is 11.3 Å². The summed E-state index contributed by atoms with van der Waals surface area (Å²) in [4.78, 5) is 8.83. The van der Waals surface area contributed by atoms with Crippen molar-refractivity contribution in [1.29, 1.82) is 0 Å². The lowest BCUT2D eigenvalue weighted by Gasteiger charge is -1.90. The van der Waals surface area contributed by atoms with Gasteiger partial charge in [-0.1, -0.05) is 0 Å². The molecule has 0 atom stereocenters. The van der Waals surface area contributed by atoms with Crippen molar-refractivity contribution >= 4 is 39.8 Å². The predicted octanol–water partition coefficient (Wildman–Crippen LogP) is 1.70. The third-order valence-electron chi connectivity index (χ3n) is 1.29. The van der Waals surface area contributed by atoms with Crippen molar-refractivity contribution in [1.82, 2.24) is 9.97 Å². The van der Waals surface area contributed by atoms with Crippen molar-refractivity contribution < 1.29 is 0 Å². The van der Waals surface area contributed by atoms with Crippen LogP contribution in [0, 0.1) is 0 Å². The number of nitrogens with zero attached hydrogens (tertiary/aromatic N) is 2. The van der Waals surface area contributed by atoms with Gasteiger partial charge in [-0.2, -0.15) is 0 Å². The second-order valence-electron chi connectivity index (χ2n) is 1.90. The number of aromatic nitrogens is 2. The fourth-order valence-electron chi connectivity index (χ4n) is 0.809. The fraction of sp³-hybridized carbons (Fsp3) is 0. The molecule has 2 heterocycles. The topological polar surface area (TPSA) is 51.8 Å². The van der Waals surface area contributed by atoms with Crippen molar-refractivity contribution in [3.8, 4) is 0 Å². The monoisotopic (exact) mass is 187 g/mol. The molecule has 0 fully saturated rings. The molecule has 0 bridgehead atoms. The largest absolute Gasteiger partial charge is 0.383 e. The van der Waals surface area contributed by atoms with E-state index in [0.29, 0.717) is 5.82 Å². The van der Waals surface area contributed by atoms with E-state index in [1.165, 1.54) is 6.33 Å². The molecule has 2 aromatic heterocycles. The second kappa shape index (κ2) is 3.02. The maximum atomic E-state index is 5.56. The van der Waals surface area contributed by atoms with Gasteiger partial charge in [0.2, 0.25) is 0 Å². The molecule has 0 aliphatic heterocycles. The van der Waals surface area contributed by atoms with Crippen LogP contribution in [0.2, 0.25) is 0 Å². The van der Waals surface area contributed by atoms with Crippen LogP contribution < -0.4 is 5.73 Å². The molecule has 0 amide bonds. The summed E-state index contributed by atoms with van der Waals surface area (Å²) >= 11 is 1.57. The minimum Gasteiger partial charge on any atom is -0.383 e. The molecule has 0 aliphatic carbocycles. The first-order chi connectivity index (χ1) is 4.88. The maximum absolute atomic E-state index is 5.56. The minimum atomic E-state index is 0. The lowest BCUT2D eigenvalue weighted by Crippen LogP contribution is -1.89. The zero-order chi connectivity index (χ0) is 6.97. The van der Waals surface area contributed by atoms with E-state index >= 15 is 0 Å². The molecule has 0 saturated heterocycles. The Labute approximate surface area is 73.7 Å². The number of nitrogen functional groups attached to an aromatic ring is 1. The molecule has 11 heavy (non-hydrogen) atoms. The normalized spacial score (nSPS) is 9.45. The molecule has 2 aromatic rings. The average molecular weight is 188 g/mol. The molecule has 2 rings (SSSR count). The number of fused-ring (bicyclic) bond motifs is 1. The van der Waals surface area contributed by atoms with Crippen molar-refractivity contribution in [3.05, 3.63) is 17.8 Å². The molecule has 0 radical (unpaired) electrons. The van der Waals surface area contributed by atoms with Crippen molar-refractivity contribution in [2.24, 2.45) is 0 Å². The van der Waals surface area contributed by atoms with E-state index in [0.717, 1.165) is 10.2 Å². The number of hydrogen-bond donors (Lipinski definition) is 1. The summed E-state index contributed by atoms with van der Waals surface area (Å²) in [5, 5.41) is 2.91. The van der Waals surface area contributed by atoms with E-state index in [1.807, 2.05) is 11.4 Å². The molecular weight excluding hydrogens is 182 g/mol. The van der Waals surface area contributed by atoms with Crippen molar-refractivity contribution in [2.45, 2.75) is 0 Å². The average Bonchev–Trinajstić information content (AvgIpc) is 2.36. The van der Waals surface area contributed by atoms with E-state index in [4.69, 9.17) is 5.73 Å². The highest BCUT2D eigenvalue weighted by Crippen LogP contribution is 2.20. The highest BCUT2D eigenvalue weighted by Gasteiger charge is 1.98. The quantitative estimate of drug-likeness (QED) is 0.683. The third kappa shape index (κ3) is 1.27. The first-order valence-electron chi connectivity index (χ1n) is 2.81. The van der Waals surface area contributed by atoms with Crippen molar-refractivity contribution in [2.75, 3.05) is 5.73 Å². The number of hydrogen-bond acceptors (Lipinski definition) is 4. The van der Waals surface area contributed by atoms with Gasteiger partial charge in [0, 0.05) is 0 Å². The Bertz CT molecular complexity index is 359. The van der Waals surface area contributed by atoms with Gasteiger partial charge < -0.3 is 5.73 Å². The number of rotatable bonds is 0. The Morgan fingerprint density at radius 3 is 2.91 bits per heavy atom. The third-order valence-corrected chi connectivity index (χ3v) is 2.11. The van der Waals surface area contributed by atoms with Gasteiger partial charge >= 0.3 is 0 Å². The van der Waals surface area contributed by atoms with Gasteiger partial charge in [0.25, 0.3) is 0 Å². The molecule has 3 nitrogen and oxygen atoms in total. The first kappa shape index (κ1) is 8.23. The maximum Gasteiger partial charge on any atom is 0.135 e. The van der Waals surface area contributed by atoms with Gasteiger partial charge in [-0.3, -0.25) is 0 Å². The van der Waals surface area contributed by atoms with Gasteiger partial charge in [-0.25, -0.2) is 9.97 Å². The fourth-order valence-corrected chi connectivity index (χ4v) is 1.55. The van der Waals surface area contributed by atoms with Gasteiger partial charge in [0.1, 0.15) is 17.0 Å². The molecule has 58 valence electrons. The molecule has 5 heteroatoms. The van der Waals surface area contributed by atoms with Crippen LogP contribution in [0.25, 0.3) is 10.2 Å². The van der Waals surface area contributed by atoms with Crippen LogP contribution in [-0.2, 0) is 0 Å². The Kier molecular flexibility index (Phi) is 2.26. The van der Waals surface area contributed by atoms with Gasteiger partial charge in [0.05, 0.1) is 5.39 Å². The van der Waals surface area contributed by atoms with E-state index in [2.05, 4.69) is 9.97 Å². The summed E-state index contributed by atoms with van der Waals surface area (Å²) in [6.07, 6.45) is 1.48. The smallest absolute Gasteiger partial charge is 0.135 e. The van der Waals surface area contributed by atoms with Crippen LogP contribution in [0.4, 0.5) is 5.82 Å². The summed E-state index contributed by atoms with van der Waals surface area (Å²) in [6.45, 7) is 0. The van der Waals surface area contributed by atoms with Crippen LogP contribution >= 0.6 is 23.7 Å². The Morgan fingerprint density at radius 2 is 2.18 bits per heavy atom. The molecular formula is C6H6ClN3S. The zero-order valence-electron chi connectivity index (χ0n) is 5.52. The standard InChI is InChI=1S/C6H5N3S.ClH/c7-5-4-1-2-10-6(4)9-3-8-5;/h1-3H,(H2,7,8,9);1H. The summed E-state index contributed by atoms with van der Waals surface area (Å²) in [7, 11) is 0. The predicted molar refractivity (Wildman–Crippen MR) is 49.1 cm³/mol. The highest BCUT2D eigenvalue weighted by molar-refractivity contribution is 7.16. The molecule has 0 spiro atoms. The molecule has 2 N–H and O–H groups in total. The lowest BCUT2D eigenvalue weighted by atomic mass is 10.4. The Hall–Kier alpha value is -0.870. The lowest BCUT2D eigenvalue weighted by molar-refractivity contribution is 1.24. The molecule has 0 aliphatic rings.